The minimum atomic E-state index is -0.234. The minimum Gasteiger partial charge on any atom is -0.497 e. The van der Waals surface area contributed by atoms with Crippen LogP contribution in [-0.2, 0) is 13.0 Å². The largest absolute Gasteiger partial charge is 0.497 e. The van der Waals surface area contributed by atoms with E-state index in [9.17, 15) is 4.39 Å². The summed E-state index contributed by atoms with van der Waals surface area (Å²) in [5, 5.41) is 0. The molecule has 4 aromatic carbocycles. The third-order valence-corrected chi connectivity index (χ3v) is 5.96. The molecule has 0 aliphatic carbocycles. The number of ether oxygens (including phenoxy) is 2. The van der Waals surface area contributed by atoms with E-state index in [0.717, 1.165) is 52.6 Å². The van der Waals surface area contributed by atoms with E-state index in [1.165, 1.54) is 17.7 Å². The van der Waals surface area contributed by atoms with Crippen molar-refractivity contribution in [3.05, 3.63) is 125 Å². The van der Waals surface area contributed by atoms with Crippen LogP contribution in [0.15, 0.2) is 97.1 Å². The van der Waals surface area contributed by atoms with E-state index in [2.05, 4.69) is 41.0 Å². The SMILES string of the molecule is COc1ccc2c(c1)CC[N+](c1ccc(F)cc1)=C2c1ccc(OCc2ccccc2)cc1. The van der Waals surface area contributed by atoms with Crippen LogP contribution >= 0.6 is 0 Å². The van der Waals surface area contributed by atoms with Crippen molar-refractivity contribution in [2.45, 2.75) is 13.0 Å². The molecular formula is C29H25FNO2+. The summed E-state index contributed by atoms with van der Waals surface area (Å²) in [5.41, 5.74) is 6.68. The van der Waals surface area contributed by atoms with Gasteiger partial charge in [-0.15, -0.1) is 0 Å². The summed E-state index contributed by atoms with van der Waals surface area (Å²) in [6.07, 6.45) is 0.881. The normalized spacial score (nSPS) is 12.9. The van der Waals surface area contributed by atoms with Gasteiger partial charge in [-0.25, -0.2) is 4.39 Å². The quantitative estimate of drug-likeness (QED) is 0.337. The lowest BCUT2D eigenvalue weighted by Gasteiger charge is -2.19. The lowest BCUT2D eigenvalue weighted by atomic mass is 9.92. The summed E-state index contributed by atoms with van der Waals surface area (Å²) in [5.74, 6) is 1.44. The van der Waals surface area contributed by atoms with Gasteiger partial charge in [-0.2, -0.15) is 4.58 Å². The average Bonchev–Trinajstić information content (AvgIpc) is 2.88. The molecule has 0 N–H and O–H groups in total. The van der Waals surface area contributed by atoms with Crippen molar-refractivity contribution in [3.8, 4) is 11.5 Å². The van der Waals surface area contributed by atoms with Crippen LogP contribution in [0.25, 0.3) is 0 Å². The highest BCUT2D eigenvalue weighted by Crippen LogP contribution is 2.29. The van der Waals surface area contributed by atoms with Gasteiger partial charge in [0.2, 0.25) is 11.4 Å². The molecule has 1 heterocycles. The molecule has 0 atom stereocenters. The molecule has 3 nitrogen and oxygen atoms in total. The Morgan fingerprint density at radius 2 is 1.55 bits per heavy atom. The number of rotatable bonds is 6. The van der Waals surface area contributed by atoms with Crippen LogP contribution in [0.4, 0.5) is 10.1 Å². The molecule has 4 heteroatoms. The number of methoxy groups -OCH3 is 1. The third-order valence-electron chi connectivity index (χ3n) is 5.96. The van der Waals surface area contributed by atoms with Crippen molar-refractivity contribution >= 4 is 11.4 Å². The monoisotopic (exact) mass is 438 g/mol. The van der Waals surface area contributed by atoms with E-state index in [1.54, 1.807) is 7.11 Å². The number of benzene rings is 4. The van der Waals surface area contributed by atoms with Gasteiger partial charge in [-0.1, -0.05) is 30.3 Å². The second-order valence-electron chi connectivity index (χ2n) is 8.05. The van der Waals surface area contributed by atoms with Gasteiger partial charge < -0.3 is 9.47 Å². The molecule has 33 heavy (non-hydrogen) atoms. The van der Waals surface area contributed by atoms with Gasteiger partial charge in [0.15, 0.2) is 6.54 Å². The highest BCUT2D eigenvalue weighted by molar-refractivity contribution is 6.11. The van der Waals surface area contributed by atoms with Crippen LogP contribution in [0, 0.1) is 5.82 Å². The summed E-state index contributed by atoms with van der Waals surface area (Å²) < 4.78 is 27.3. The third kappa shape index (κ3) is 4.51. The van der Waals surface area contributed by atoms with Gasteiger partial charge in [0.05, 0.1) is 12.7 Å². The number of fused-ring (bicyclic) bond motifs is 1. The summed E-state index contributed by atoms with van der Waals surface area (Å²) in [6.45, 7) is 1.33. The first-order chi connectivity index (χ1) is 16.2. The maximum atomic E-state index is 13.6. The van der Waals surface area contributed by atoms with Crippen LogP contribution in [0.5, 0.6) is 11.5 Å². The molecule has 0 saturated carbocycles. The Kier molecular flexibility index (Phi) is 5.90. The maximum absolute atomic E-state index is 13.6. The lowest BCUT2D eigenvalue weighted by molar-refractivity contribution is -0.440. The van der Waals surface area contributed by atoms with Crippen molar-refractivity contribution in [1.82, 2.24) is 0 Å². The molecule has 5 rings (SSSR count). The second kappa shape index (κ2) is 9.29. The topological polar surface area (TPSA) is 21.5 Å². The zero-order valence-electron chi connectivity index (χ0n) is 18.5. The first-order valence-corrected chi connectivity index (χ1v) is 11.1. The summed E-state index contributed by atoms with van der Waals surface area (Å²) in [7, 11) is 1.69. The van der Waals surface area contributed by atoms with Gasteiger partial charge in [-0.05, 0) is 65.7 Å². The van der Waals surface area contributed by atoms with Gasteiger partial charge >= 0.3 is 0 Å². The Morgan fingerprint density at radius 3 is 2.27 bits per heavy atom. The maximum Gasteiger partial charge on any atom is 0.220 e. The fraction of sp³-hybridized carbons (Fsp3) is 0.138. The van der Waals surface area contributed by atoms with Crippen molar-refractivity contribution in [2.75, 3.05) is 13.7 Å². The van der Waals surface area contributed by atoms with Gasteiger partial charge in [0.25, 0.3) is 0 Å². The summed E-state index contributed by atoms with van der Waals surface area (Å²) >= 11 is 0. The zero-order valence-corrected chi connectivity index (χ0v) is 18.5. The molecule has 0 fully saturated rings. The molecule has 0 bridgehead atoms. The van der Waals surface area contributed by atoms with E-state index in [-0.39, 0.29) is 5.82 Å². The second-order valence-corrected chi connectivity index (χ2v) is 8.05. The van der Waals surface area contributed by atoms with Crippen LogP contribution in [-0.4, -0.2) is 23.9 Å². The van der Waals surface area contributed by atoms with Crippen molar-refractivity contribution in [2.24, 2.45) is 0 Å². The molecule has 0 radical (unpaired) electrons. The smallest absolute Gasteiger partial charge is 0.220 e. The van der Waals surface area contributed by atoms with Gasteiger partial charge in [0, 0.05) is 24.1 Å². The zero-order chi connectivity index (χ0) is 22.6. The Morgan fingerprint density at radius 1 is 0.818 bits per heavy atom. The van der Waals surface area contributed by atoms with E-state index < -0.39 is 0 Å². The van der Waals surface area contributed by atoms with Crippen LogP contribution in [0.2, 0.25) is 0 Å². The predicted octanol–water partition coefficient (Wildman–Crippen LogP) is 6.15. The molecule has 4 aromatic rings. The Balaban J connectivity index is 1.52. The molecule has 1 aliphatic rings. The molecule has 0 amide bonds. The molecular weight excluding hydrogens is 413 g/mol. The Labute approximate surface area is 193 Å². The van der Waals surface area contributed by atoms with Gasteiger partial charge in [0.1, 0.15) is 23.9 Å². The molecule has 164 valence electrons. The number of hydrogen-bond donors (Lipinski definition) is 0. The van der Waals surface area contributed by atoms with Crippen molar-refractivity contribution in [3.63, 3.8) is 0 Å². The molecule has 0 aromatic heterocycles. The summed E-state index contributed by atoms with van der Waals surface area (Å²) in [4.78, 5) is 0. The number of hydrogen-bond acceptors (Lipinski definition) is 2. The molecule has 0 spiro atoms. The fourth-order valence-corrected chi connectivity index (χ4v) is 4.26. The minimum absolute atomic E-state index is 0.234. The van der Waals surface area contributed by atoms with Crippen molar-refractivity contribution in [1.29, 1.82) is 0 Å². The average molecular weight is 439 g/mol. The number of nitrogens with zero attached hydrogens (tertiary/aromatic N) is 1. The van der Waals surface area contributed by atoms with Crippen LogP contribution in [0.1, 0.15) is 22.3 Å². The molecule has 0 saturated heterocycles. The molecule has 1 aliphatic heterocycles. The Bertz CT molecular complexity index is 1280. The summed E-state index contributed by atoms with van der Waals surface area (Å²) in [6, 6.07) is 31.2. The fourth-order valence-electron chi connectivity index (χ4n) is 4.26. The first kappa shape index (κ1) is 21.0. The van der Waals surface area contributed by atoms with E-state index in [1.807, 2.05) is 48.5 Å². The highest BCUT2D eigenvalue weighted by Gasteiger charge is 2.29. The van der Waals surface area contributed by atoms with E-state index in [0.29, 0.717) is 6.61 Å². The van der Waals surface area contributed by atoms with E-state index in [4.69, 9.17) is 9.47 Å². The lowest BCUT2D eigenvalue weighted by Crippen LogP contribution is -2.28. The highest BCUT2D eigenvalue weighted by atomic mass is 19.1. The van der Waals surface area contributed by atoms with Gasteiger partial charge in [-0.3, -0.25) is 0 Å². The standard InChI is InChI=1S/C29H25FNO2/c1-32-27-15-16-28-23(19-27)17-18-31(25-11-9-24(30)10-12-25)29(28)22-7-13-26(14-8-22)33-20-21-5-3-2-4-6-21/h2-16,19H,17-18,20H2,1H3/q+1. The first-order valence-electron chi connectivity index (χ1n) is 11.1. The number of halogens is 1. The van der Waals surface area contributed by atoms with E-state index >= 15 is 0 Å². The van der Waals surface area contributed by atoms with Crippen LogP contribution in [0.3, 0.4) is 0 Å². The Hall–Kier alpha value is -3.92. The van der Waals surface area contributed by atoms with Crippen molar-refractivity contribution < 1.29 is 18.4 Å². The predicted molar refractivity (Wildman–Crippen MR) is 128 cm³/mol. The van der Waals surface area contributed by atoms with Crippen LogP contribution < -0.4 is 9.47 Å². The molecule has 0 unspecified atom stereocenters.